The topological polar surface area (TPSA) is 486 Å². The third-order valence-electron chi connectivity index (χ3n) is 19.0. The van der Waals surface area contributed by atoms with Crippen LogP contribution in [0.4, 0.5) is 0 Å². The third-order valence-corrected chi connectivity index (χ3v) is 21.1. The van der Waals surface area contributed by atoms with E-state index in [2.05, 4.69) is 66.3 Å². The Morgan fingerprint density at radius 1 is 0.810 bits per heavy atom. The van der Waals surface area contributed by atoms with Crippen LogP contribution in [0.5, 0.6) is 5.75 Å². The molecule has 0 bridgehead atoms. The van der Waals surface area contributed by atoms with E-state index in [0.29, 0.717) is 48.6 Å². The average Bonchev–Trinajstić information content (AvgIpc) is 1.69. The molecule has 586 valence electrons. The number of carbonyl (C=O) groups is 10. The summed E-state index contributed by atoms with van der Waals surface area (Å²) in [6, 6.07) is -0.319. The number of aromatic hydroxyl groups is 1. The van der Waals surface area contributed by atoms with Gasteiger partial charge in [0.05, 0.1) is 30.1 Å². The van der Waals surface area contributed by atoms with Gasteiger partial charge >= 0.3 is 0 Å². The number of hydrogen-bond acceptors (Lipinski definition) is 23. The molecule has 2 saturated heterocycles. The molecule has 33 heteroatoms. The third kappa shape index (κ3) is 27.3. The van der Waals surface area contributed by atoms with Crippen LogP contribution in [-0.2, 0) is 70.6 Å². The number of phenolic OH excluding ortho intramolecular Hbond substituents is 1. The fourth-order valence-corrected chi connectivity index (χ4v) is 14.8. The van der Waals surface area contributed by atoms with Crippen LogP contribution in [0, 0.1) is 17.3 Å². The van der Waals surface area contributed by atoms with E-state index in [-0.39, 0.29) is 68.4 Å². The Balaban J connectivity index is 1.29. The monoisotopic (exact) mass is 1510 g/mol. The Bertz CT molecular complexity index is 3250. The number of hydrogen-bond donors (Lipinski definition) is 18. The van der Waals surface area contributed by atoms with E-state index in [1.807, 2.05) is 31.2 Å². The molecule has 105 heavy (non-hydrogen) atoms. The Morgan fingerprint density at radius 3 is 2.05 bits per heavy atom. The van der Waals surface area contributed by atoms with Gasteiger partial charge in [0, 0.05) is 69.0 Å². The number of nitrogens with two attached hydrogens (primary N) is 3. The summed E-state index contributed by atoms with van der Waals surface area (Å²) in [7, 11) is 1.38. The molecule has 17 atom stereocenters. The van der Waals surface area contributed by atoms with E-state index < -0.39 is 168 Å². The minimum absolute atomic E-state index is 0.00441. The van der Waals surface area contributed by atoms with E-state index >= 15 is 14.4 Å². The lowest BCUT2D eigenvalue weighted by Crippen LogP contribution is -2.68. The fourth-order valence-electron chi connectivity index (χ4n) is 12.9. The first kappa shape index (κ1) is 88.0. The summed E-state index contributed by atoms with van der Waals surface area (Å²) in [5.41, 5.74) is 19.7. The van der Waals surface area contributed by atoms with Crippen molar-refractivity contribution < 1.29 is 78.2 Å². The number of thioether (sulfide) groups is 2. The summed E-state index contributed by atoms with van der Waals surface area (Å²) in [5, 5.41) is 84.0. The zero-order valence-corrected chi connectivity index (χ0v) is 63.5. The fraction of sp³-hybridized carbons (Fsp3) is 0.639. The lowest BCUT2D eigenvalue weighted by Gasteiger charge is -2.43. The second-order valence-corrected chi connectivity index (χ2v) is 30.8. The van der Waals surface area contributed by atoms with Crippen LogP contribution in [0.3, 0.4) is 0 Å². The number of primary amides is 1. The zero-order valence-electron chi connectivity index (χ0n) is 61.9. The number of nitrogens with zero attached hydrogens (tertiary/aromatic N) is 2. The first-order valence-corrected chi connectivity index (χ1v) is 38.2. The second kappa shape index (κ2) is 42.7. The van der Waals surface area contributed by atoms with Crippen LogP contribution in [-0.4, -0.2) is 223 Å². The molecular weight excluding hydrogens is 1400 g/mol. The highest BCUT2D eigenvalue weighted by Gasteiger charge is 2.52. The predicted molar refractivity (Wildman–Crippen MR) is 399 cm³/mol. The van der Waals surface area contributed by atoms with Gasteiger partial charge in [0.25, 0.3) is 0 Å². The summed E-state index contributed by atoms with van der Waals surface area (Å²) >= 11 is 2.69. The largest absolute Gasteiger partial charge is 0.508 e. The van der Waals surface area contributed by atoms with Crippen LogP contribution < -0.4 is 70.4 Å². The van der Waals surface area contributed by atoms with Crippen molar-refractivity contribution >= 4 is 82.6 Å². The van der Waals surface area contributed by atoms with Gasteiger partial charge in [-0.15, -0.1) is 0 Å². The molecule has 1 aliphatic carbocycles. The van der Waals surface area contributed by atoms with Gasteiger partial charge in [0.1, 0.15) is 66.5 Å². The molecule has 5 rings (SSSR count). The molecule has 10 amide bonds. The lowest BCUT2D eigenvalue weighted by atomic mass is 9.83. The van der Waals surface area contributed by atoms with E-state index in [0.717, 1.165) is 35.3 Å². The summed E-state index contributed by atoms with van der Waals surface area (Å²) < 4.78 is 5.35. The predicted octanol–water partition coefficient (Wildman–Crippen LogP) is -0.546. The van der Waals surface area contributed by atoms with Gasteiger partial charge in [-0.05, 0) is 105 Å². The van der Waals surface area contributed by atoms with Crippen molar-refractivity contribution in [2.24, 2.45) is 34.5 Å². The van der Waals surface area contributed by atoms with E-state index in [9.17, 15) is 59.1 Å². The first-order chi connectivity index (χ1) is 49.6. The van der Waals surface area contributed by atoms with Gasteiger partial charge in [-0.2, -0.15) is 23.5 Å². The molecule has 2 aromatic carbocycles. The van der Waals surface area contributed by atoms with Crippen LogP contribution >= 0.6 is 23.5 Å². The normalized spacial score (nSPS) is 21.7. The van der Waals surface area contributed by atoms with E-state index in [4.69, 9.17) is 21.9 Å². The van der Waals surface area contributed by atoms with Crippen molar-refractivity contribution in [1.29, 1.82) is 0 Å². The number of amides is 10. The highest BCUT2D eigenvalue weighted by molar-refractivity contribution is 7.98. The van der Waals surface area contributed by atoms with Crippen molar-refractivity contribution in [2.75, 3.05) is 31.7 Å². The summed E-state index contributed by atoms with van der Waals surface area (Å²) in [5.74, 6) is -7.39. The summed E-state index contributed by atoms with van der Waals surface area (Å²) in [6.45, 7) is 20.0. The lowest BCUT2D eigenvalue weighted by molar-refractivity contribution is -0.165. The van der Waals surface area contributed by atoms with Crippen molar-refractivity contribution in [2.45, 2.75) is 241 Å². The standard InChI is InChI=1S/C72H115N15O16S2/c1-12-18-50(62(75)103-11)79-63(94)51(27-29-77-42(6)76-13-2)80-68(99)59-70(101)87(55(31-39(3)40(4)88)69(100)86-35-48(73)34-54(86)65(96)85-59)71(102)60(72(8,9)10)82-56(92)28-30-104-36-45-19-17-20-46(32-45)37-105-38-53(61(74)93)81-66(97)57(41(5)89)83-67(98)58(47-21-15-14-16-22-47)84-64(95)52(78-43(7)90)33-44-23-25-49(91)26-24-44/h13,17,19-20,23-26,32,39-41,47-48,50-55,57-60,62,65,70,76-77,85,88-89,91,96,101H,2,6,12,14-16,18,21-22,27-31,33-38,73,75H2,1,3-5,7-11H3,(H2,74,93)(H,78,90)(H,79,94)(H,80,99)(H,81,97)(H,82,92)(H,83,98)(H,84,95)/t39?,40-,41+,48+,50-,51-,52-,53-,54-,55-,57-,58-,59+,60+,62?,65?,70-/m0/s1. The van der Waals surface area contributed by atoms with Gasteiger partial charge < -0.3 is 105 Å². The maximum atomic E-state index is 15.7. The van der Waals surface area contributed by atoms with Crippen LogP contribution in [0.2, 0.25) is 0 Å². The van der Waals surface area contributed by atoms with Crippen molar-refractivity contribution in [3.05, 3.63) is 90.4 Å². The Kier molecular flexibility index (Phi) is 35.8. The van der Waals surface area contributed by atoms with Gasteiger partial charge in [0.2, 0.25) is 59.1 Å². The summed E-state index contributed by atoms with van der Waals surface area (Å²) in [4.78, 5) is 144. The van der Waals surface area contributed by atoms with Gasteiger partial charge in [-0.3, -0.25) is 53.3 Å². The number of fused-ring (bicyclic) bond motifs is 1. The molecule has 0 spiro atoms. The van der Waals surface area contributed by atoms with E-state index in [1.165, 1.54) is 74.6 Å². The molecule has 21 N–H and O–H groups in total. The molecule has 0 radical (unpaired) electrons. The number of carbonyl (C=O) groups excluding carboxylic acids is 10. The maximum Gasteiger partial charge on any atom is 0.248 e. The molecule has 1 saturated carbocycles. The zero-order chi connectivity index (χ0) is 78.0. The number of phenols is 1. The molecule has 2 aromatic rings. The van der Waals surface area contributed by atoms with Crippen LogP contribution in [0.25, 0.3) is 0 Å². The minimum atomic E-state index is -2.28. The maximum absolute atomic E-state index is 15.7. The molecular formula is C72H115N15O16S2. The number of aliphatic hydroxyl groups excluding tert-OH is 4. The Labute approximate surface area is 624 Å². The highest BCUT2D eigenvalue weighted by atomic mass is 32.2. The van der Waals surface area contributed by atoms with Gasteiger partial charge in [-0.25, -0.2) is 0 Å². The number of ether oxygens (including phenoxy) is 1. The molecule has 3 unspecified atom stereocenters. The van der Waals surface area contributed by atoms with Gasteiger partial charge in [-0.1, -0.05) is 110 Å². The van der Waals surface area contributed by atoms with Crippen molar-refractivity contribution in [3.63, 3.8) is 0 Å². The molecule has 3 fully saturated rings. The Morgan fingerprint density at radius 2 is 1.46 bits per heavy atom. The Hall–Kier alpha value is -7.60. The van der Waals surface area contributed by atoms with Crippen molar-refractivity contribution in [3.8, 4) is 5.75 Å². The molecule has 0 aromatic heterocycles. The highest BCUT2D eigenvalue weighted by Crippen LogP contribution is 2.33. The number of aliphatic hydroxyl groups is 4. The molecule has 2 aliphatic heterocycles. The van der Waals surface area contributed by atoms with E-state index in [1.54, 1.807) is 39.8 Å². The van der Waals surface area contributed by atoms with Crippen LogP contribution in [0.15, 0.2) is 73.7 Å². The van der Waals surface area contributed by atoms with Crippen LogP contribution in [0.1, 0.15) is 143 Å². The molecule has 2 heterocycles. The summed E-state index contributed by atoms with van der Waals surface area (Å²) in [6.07, 6.45) is -1.78. The quantitative estimate of drug-likeness (QED) is 0.0294. The number of methoxy groups -OCH3 is 1. The SMILES string of the molecule is C=CNC(=C)NCC[C@H](NC(=O)[C@H]1NC(O)[C@@H]2C[C@@H](N)CN2C(=O)[C@H](CC(C)[C@H](C)O)N(C(=O)[C@@H](NC(=O)CCSCc2cccc(CSC[C@H](NC(=O)[C@@H](NC(=O)[C@@H](NC(=O)[C@H](Cc3ccc(O)cc3)NC(C)=O)C3CCCCC3)[C@@H](C)O)C(N)=O)c2)C(C)(C)C)[C@H]1O)C(=O)N[C@@H](CCC)C(N)OC. The number of benzene rings is 2. The molecule has 31 nitrogen and oxygen atoms in total. The number of rotatable bonds is 40. The first-order valence-electron chi connectivity index (χ1n) is 35.9. The number of nitrogens with one attached hydrogen (secondary N) is 10. The van der Waals surface area contributed by atoms with Crippen molar-refractivity contribution in [1.82, 2.24) is 63.0 Å². The minimum Gasteiger partial charge on any atom is -0.508 e. The second-order valence-electron chi connectivity index (χ2n) is 28.7. The van der Waals surface area contributed by atoms with Gasteiger partial charge in [0.15, 0.2) is 6.23 Å². The smallest absolute Gasteiger partial charge is 0.248 e. The average molecular weight is 1510 g/mol. The molecule has 3 aliphatic rings.